The lowest BCUT2D eigenvalue weighted by Gasteiger charge is -2.09. The van der Waals surface area contributed by atoms with Gasteiger partial charge in [-0.15, -0.1) is 0 Å². The van der Waals surface area contributed by atoms with Gasteiger partial charge in [0.05, 0.1) is 5.52 Å². The second kappa shape index (κ2) is 4.61. The second-order valence-electron chi connectivity index (χ2n) is 4.59. The van der Waals surface area contributed by atoms with Gasteiger partial charge in [0.2, 0.25) is 0 Å². The van der Waals surface area contributed by atoms with Crippen molar-refractivity contribution in [1.82, 2.24) is 4.98 Å². The number of hydrogen-bond acceptors (Lipinski definition) is 3. The molecule has 0 aliphatic rings. The maximum atomic E-state index is 5.76. The average Bonchev–Trinajstić information content (AvgIpc) is 2.41. The highest BCUT2D eigenvalue weighted by Crippen LogP contribution is 2.22. The molecule has 0 bridgehead atoms. The maximum absolute atomic E-state index is 5.76. The Balaban J connectivity index is 1.98. The van der Waals surface area contributed by atoms with E-state index in [1.54, 1.807) is 0 Å². The van der Waals surface area contributed by atoms with Gasteiger partial charge in [-0.1, -0.05) is 18.2 Å². The van der Waals surface area contributed by atoms with Crippen molar-refractivity contribution < 1.29 is 0 Å². The number of aryl methyl sites for hydroxylation is 1. The van der Waals surface area contributed by atoms with Gasteiger partial charge >= 0.3 is 0 Å². The molecular formula is C16H15N3. The van der Waals surface area contributed by atoms with Gasteiger partial charge in [0.15, 0.2) is 0 Å². The number of benzene rings is 2. The smallest absolute Gasteiger partial charge is 0.131 e. The molecule has 0 fully saturated rings. The summed E-state index contributed by atoms with van der Waals surface area (Å²) in [5.74, 6) is 0.839. The molecule has 0 spiro atoms. The van der Waals surface area contributed by atoms with Gasteiger partial charge in [-0.25, -0.2) is 4.98 Å². The molecule has 0 saturated heterocycles. The number of aromatic nitrogens is 1. The lowest BCUT2D eigenvalue weighted by atomic mass is 10.2. The first kappa shape index (κ1) is 11.5. The van der Waals surface area contributed by atoms with Crippen LogP contribution in [0.3, 0.4) is 0 Å². The Kier molecular flexibility index (Phi) is 2.80. The summed E-state index contributed by atoms with van der Waals surface area (Å²) < 4.78 is 0. The highest BCUT2D eigenvalue weighted by Gasteiger charge is 2.01. The molecule has 1 heterocycles. The van der Waals surface area contributed by atoms with E-state index in [1.807, 2.05) is 48.5 Å². The Bertz CT molecular complexity index is 735. The van der Waals surface area contributed by atoms with Gasteiger partial charge in [0, 0.05) is 16.8 Å². The van der Waals surface area contributed by atoms with Crippen LogP contribution < -0.4 is 11.1 Å². The van der Waals surface area contributed by atoms with Crippen LogP contribution in [0.4, 0.5) is 17.2 Å². The first-order valence-corrected chi connectivity index (χ1v) is 6.21. The molecule has 2 aromatic carbocycles. The second-order valence-corrected chi connectivity index (χ2v) is 4.59. The summed E-state index contributed by atoms with van der Waals surface area (Å²) in [6, 6.07) is 17.9. The van der Waals surface area contributed by atoms with Gasteiger partial charge in [0.1, 0.15) is 5.82 Å². The number of hydrogen-bond donors (Lipinski definition) is 2. The summed E-state index contributed by atoms with van der Waals surface area (Å²) in [5, 5.41) is 4.39. The Morgan fingerprint density at radius 1 is 1.00 bits per heavy atom. The van der Waals surface area contributed by atoms with E-state index in [0.29, 0.717) is 0 Å². The molecule has 0 unspecified atom stereocenters. The lowest BCUT2D eigenvalue weighted by Crippen LogP contribution is -1.95. The van der Waals surface area contributed by atoms with Crippen molar-refractivity contribution in [3.63, 3.8) is 0 Å². The number of anilines is 3. The van der Waals surface area contributed by atoms with E-state index in [9.17, 15) is 0 Å². The molecular weight excluding hydrogens is 234 g/mol. The van der Waals surface area contributed by atoms with Crippen LogP contribution in [-0.4, -0.2) is 4.98 Å². The van der Waals surface area contributed by atoms with E-state index in [-0.39, 0.29) is 0 Å². The van der Waals surface area contributed by atoms with Crippen molar-refractivity contribution in [3.8, 4) is 0 Å². The van der Waals surface area contributed by atoms with E-state index in [1.165, 1.54) is 5.56 Å². The van der Waals surface area contributed by atoms with Crippen LogP contribution in [0.2, 0.25) is 0 Å². The summed E-state index contributed by atoms with van der Waals surface area (Å²) >= 11 is 0. The van der Waals surface area contributed by atoms with Crippen LogP contribution in [0.1, 0.15) is 5.56 Å². The third kappa shape index (κ3) is 2.36. The SMILES string of the molecule is Cc1ccccc1Nc1ccc2cc(N)ccc2n1. The fraction of sp³-hybridized carbons (Fsp3) is 0.0625. The summed E-state index contributed by atoms with van der Waals surface area (Å²) in [6.07, 6.45) is 0. The van der Waals surface area contributed by atoms with Crippen molar-refractivity contribution in [2.45, 2.75) is 6.92 Å². The van der Waals surface area contributed by atoms with Crippen molar-refractivity contribution in [3.05, 3.63) is 60.2 Å². The predicted molar refractivity (Wildman–Crippen MR) is 80.6 cm³/mol. The number of nitrogens with one attached hydrogen (secondary N) is 1. The van der Waals surface area contributed by atoms with Crippen molar-refractivity contribution in [2.75, 3.05) is 11.1 Å². The fourth-order valence-electron chi connectivity index (χ4n) is 2.06. The number of nitrogen functional groups attached to an aromatic ring is 1. The van der Waals surface area contributed by atoms with Crippen LogP contribution in [0.5, 0.6) is 0 Å². The molecule has 0 aliphatic heterocycles. The topological polar surface area (TPSA) is 50.9 Å². The standard InChI is InChI=1S/C16H15N3/c1-11-4-2-3-5-14(11)18-16-9-6-12-10-13(17)7-8-15(12)19-16/h2-10H,17H2,1H3,(H,18,19). The van der Waals surface area contributed by atoms with Crippen molar-refractivity contribution in [1.29, 1.82) is 0 Å². The van der Waals surface area contributed by atoms with Crippen LogP contribution in [0, 0.1) is 6.92 Å². The average molecular weight is 249 g/mol. The minimum Gasteiger partial charge on any atom is -0.399 e. The van der Waals surface area contributed by atoms with Gasteiger partial charge in [0.25, 0.3) is 0 Å². The Labute approximate surface area is 112 Å². The van der Waals surface area contributed by atoms with Crippen LogP contribution >= 0.6 is 0 Å². The molecule has 19 heavy (non-hydrogen) atoms. The third-order valence-electron chi connectivity index (χ3n) is 3.12. The zero-order chi connectivity index (χ0) is 13.2. The largest absolute Gasteiger partial charge is 0.399 e. The van der Waals surface area contributed by atoms with Crippen molar-refractivity contribution >= 4 is 28.1 Å². The lowest BCUT2D eigenvalue weighted by molar-refractivity contribution is 1.35. The zero-order valence-corrected chi connectivity index (χ0v) is 10.7. The van der Waals surface area contributed by atoms with E-state index >= 15 is 0 Å². The third-order valence-corrected chi connectivity index (χ3v) is 3.12. The Hall–Kier alpha value is -2.55. The molecule has 1 aromatic heterocycles. The fourth-order valence-corrected chi connectivity index (χ4v) is 2.06. The van der Waals surface area contributed by atoms with Gasteiger partial charge < -0.3 is 11.1 Å². The van der Waals surface area contributed by atoms with E-state index in [2.05, 4.69) is 23.3 Å². The molecule has 0 radical (unpaired) electrons. The van der Waals surface area contributed by atoms with E-state index in [0.717, 1.165) is 28.1 Å². The molecule has 3 N–H and O–H groups in total. The summed E-state index contributed by atoms with van der Waals surface area (Å²) in [5.41, 5.74) is 9.73. The predicted octanol–water partition coefficient (Wildman–Crippen LogP) is 3.87. The number of fused-ring (bicyclic) bond motifs is 1. The first-order valence-electron chi connectivity index (χ1n) is 6.21. The minimum atomic E-state index is 0.758. The number of nitrogens with zero attached hydrogens (tertiary/aromatic N) is 1. The van der Waals surface area contributed by atoms with Crippen LogP contribution in [-0.2, 0) is 0 Å². The summed E-state index contributed by atoms with van der Waals surface area (Å²) in [6.45, 7) is 2.07. The first-order chi connectivity index (χ1) is 9.22. The molecule has 94 valence electrons. The normalized spacial score (nSPS) is 10.6. The zero-order valence-electron chi connectivity index (χ0n) is 10.7. The highest BCUT2D eigenvalue weighted by atomic mass is 15.0. The number of rotatable bonds is 2. The van der Waals surface area contributed by atoms with Crippen LogP contribution in [0.25, 0.3) is 10.9 Å². The monoisotopic (exact) mass is 249 g/mol. The number of para-hydroxylation sites is 1. The van der Waals surface area contributed by atoms with E-state index in [4.69, 9.17) is 5.73 Å². The molecule has 3 nitrogen and oxygen atoms in total. The summed E-state index contributed by atoms with van der Waals surface area (Å²) in [4.78, 5) is 4.59. The van der Waals surface area contributed by atoms with Gasteiger partial charge in [-0.3, -0.25) is 0 Å². The molecule has 3 aromatic rings. The molecule has 0 amide bonds. The molecule has 3 rings (SSSR count). The van der Waals surface area contributed by atoms with Crippen LogP contribution in [0.15, 0.2) is 54.6 Å². The molecule has 0 atom stereocenters. The number of nitrogens with two attached hydrogens (primary N) is 1. The molecule has 3 heteroatoms. The highest BCUT2D eigenvalue weighted by molar-refractivity contribution is 5.83. The summed E-state index contributed by atoms with van der Waals surface area (Å²) in [7, 11) is 0. The van der Waals surface area contributed by atoms with Crippen molar-refractivity contribution in [2.24, 2.45) is 0 Å². The maximum Gasteiger partial charge on any atom is 0.131 e. The Morgan fingerprint density at radius 3 is 2.68 bits per heavy atom. The van der Waals surface area contributed by atoms with Gasteiger partial charge in [-0.05, 0) is 48.9 Å². The molecule has 0 saturated carbocycles. The molecule has 0 aliphatic carbocycles. The number of pyridine rings is 1. The minimum absolute atomic E-state index is 0.758. The van der Waals surface area contributed by atoms with E-state index < -0.39 is 0 Å². The van der Waals surface area contributed by atoms with Gasteiger partial charge in [-0.2, -0.15) is 0 Å². The quantitative estimate of drug-likeness (QED) is 0.678. The Morgan fingerprint density at radius 2 is 1.84 bits per heavy atom.